The lowest BCUT2D eigenvalue weighted by atomic mass is 9.94. The minimum Gasteiger partial charge on any atom is -0.507 e. The molecule has 38 heavy (non-hydrogen) atoms. The summed E-state index contributed by atoms with van der Waals surface area (Å²) in [5.41, 5.74) is 2.67. The molecule has 0 spiro atoms. The Bertz CT molecular complexity index is 1350. The molecule has 198 valence electrons. The van der Waals surface area contributed by atoms with E-state index in [0.29, 0.717) is 11.3 Å². The van der Waals surface area contributed by atoms with Crippen LogP contribution in [0.25, 0.3) is 5.76 Å². The zero-order valence-corrected chi connectivity index (χ0v) is 22.5. The average molecular weight is 536 g/mol. The van der Waals surface area contributed by atoms with Crippen LogP contribution in [0.3, 0.4) is 0 Å². The number of methoxy groups -OCH3 is 2. The van der Waals surface area contributed by atoms with E-state index in [2.05, 4.69) is 23.7 Å². The second-order valence-electron chi connectivity index (χ2n) is 8.73. The molecule has 8 nitrogen and oxygen atoms in total. The van der Waals surface area contributed by atoms with E-state index < -0.39 is 17.7 Å². The minimum atomic E-state index is -0.833. The number of nitrogens with zero attached hydrogens (tertiary/aromatic N) is 3. The first-order chi connectivity index (χ1) is 18.3. The number of aromatic nitrogens is 1. The van der Waals surface area contributed by atoms with Crippen molar-refractivity contribution in [3.63, 3.8) is 0 Å². The van der Waals surface area contributed by atoms with E-state index in [0.717, 1.165) is 24.3 Å². The number of Topliss-reactive ketones (excluding diaryl/α,β-unsaturated/α-hetero) is 1. The fraction of sp³-hybridized carbons (Fsp3) is 0.276. The number of carbonyl (C=O) groups excluding carboxylic acids is 2. The lowest BCUT2D eigenvalue weighted by Gasteiger charge is -2.27. The van der Waals surface area contributed by atoms with Crippen LogP contribution >= 0.6 is 11.6 Å². The van der Waals surface area contributed by atoms with Gasteiger partial charge in [0.2, 0.25) is 0 Å². The zero-order valence-electron chi connectivity index (χ0n) is 21.8. The maximum Gasteiger partial charge on any atom is 0.295 e. The molecular weight excluding hydrogens is 506 g/mol. The number of benzene rings is 2. The van der Waals surface area contributed by atoms with E-state index in [1.165, 1.54) is 31.3 Å². The van der Waals surface area contributed by atoms with Crippen LogP contribution in [0.2, 0.25) is 5.02 Å². The summed E-state index contributed by atoms with van der Waals surface area (Å²) in [5.74, 6) is -1.33. The summed E-state index contributed by atoms with van der Waals surface area (Å²) in [4.78, 5) is 34.5. The van der Waals surface area contributed by atoms with Gasteiger partial charge in [-0.25, -0.2) is 0 Å². The largest absolute Gasteiger partial charge is 0.507 e. The highest BCUT2D eigenvalue weighted by Gasteiger charge is 2.46. The van der Waals surface area contributed by atoms with E-state index in [1.54, 1.807) is 24.5 Å². The number of aliphatic hydroxyl groups is 1. The molecule has 1 aromatic heterocycles. The third-order valence-electron chi connectivity index (χ3n) is 6.71. The maximum absolute atomic E-state index is 13.5. The van der Waals surface area contributed by atoms with Crippen molar-refractivity contribution in [1.29, 1.82) is 0 Å². The predicted octanol–water partition coefficient (Wildman–Crippen LogP) is 5.22. The molecule has 1 N–H and O–H groups in total. The average Bonchev–Trinajstić information content (AvgIpc) is 3.19. The predicted molar refractivity (Wildman–Crippen MR) is 147 cm³/mol. The highest BCUT2D eigenvalue weighted by Crippen LogP contribution is 2.43. The van der Waals surface area contributed by atoms with E-state index in [-0.39, 0.29) is 34.2 Å². The highest BCUT2D eigenvalue weighted by molar-refractivity contribution is 6.46. The number of hydrogen-bond donors (Lipinski definition) is 1. The lowest BCUT2D eigenvalue weighted by Crippen LogP contribution is -2.29. The van der Waals surface area contributed by atoms with Gasteiger partial charge in [0.1, 0.15) is 17.3 Å². The Morgan fingerprint density at radius 1 is 1.00 bits per heavy atom. The number of likely N-dealkylation sites (tertiary alicyclic amines) is 1. The summed E-state index contributed by atoms with van der Waals surface area (Å²) < 4.78 is 10.8. The van der Waals surface area contributed by atoms with Crippen molar-refractivity contribution in [2.24, 2.45) is 0 Å². The normalized spacial score (nSPS) is 16.6. The number of anilines is 1. The Kier molecular flexibility index (Phi) is 8.22. The topological polar surface area (TPSA) is 92.2 Å². The monoisotopic (exact) mass is 535 g/mol. The molecule has 1 saturated heterocycles. The van der Waals surface area contributed by atoms with Gasteiger partial charge in [0, 0.05) is 43.8 Å². The Hall–Kier alpha value is -4.04. The van der Waals surface area contributed by atoms with Crippen molar-refractivity contribution < 1.29 is 24.2 Å². The van der Waals surface area contributed by atoms with Crippen LogP contribution in [-0.4, -0.2) is 54.0 Å². The third kappa shape index (κ3) is 5.04. The molecule has 0 bridgehead atoms. The molecule has 1 aliphatic heterocycles. The maximum atomic E-state index is 13.5. The van der Waals surface area contributed by atoms with Gasteiger partial charge in [-0.3, -0.25) is 14.6 Å². The Morgan fingerprint density at radius 2 is 1.63 bits per heavy atom. The smallest absolute Gasteiger partial charge is 0.295 e. The van der Waals surface area contributed by atoms with Crippen molar-refractivity contribution in [3.05, 3.63) is 88.2 Å². The van der Waals surface area contributed by atoms with Crippen molar-refractivity contribution >= 4 is 34.7 Å². The van der Waals surface area contributed by atoms with Crippen LogP contribution in [0.1, 0.15) is 36.6 Å². The first-order valence-corrected chi connectivity index (χ1v) is 12.7. The summed E-state index contributed by atoms with van der Waals surface area (Å²) in [6.07, 6.45) is 3.26. The first kappa shape index (κ1) is 27.0. The van der Waals surface area contributed by atoms with Crippen molar-refractivity contribution in [2.45, 2.75) is 26.4 Å². The number of pyridine rings is 1. The van der Waals surface area contributed by atoms with Crippen molar-refractivity contribution in [1.82, 2.24) is 9.88 Å². The number of halogens is 1. The minimum absolute atomic E-state index is 0.0395. The van der Waals surface area contributed by atoms with E-state index in [1.807, 2.05) is 24.3 Å². The fourth-order valence-corrected chi connectivity index (χ4v) is 4.95. The van der Waals surface area contributed by atoms with Crippen molar-refractivity contribution in [3.8, 4) is 11.5 Å². The SMILES string of the molecule is CCN(CC)c1ccc(C2/C(=C(\O)c3cc(OC)c(Cl)cc3OC)C(=O)C(=O)N2Cc2ccncc2)cc1. The third-order valence-corrected chi connectivity index (χ3v) is 7.00. The van der Waals surface area contributed by atoms with Gasteiger partial charge in [-0.1, -0.05) is 23.7 Å². The molecule has 0 aliphatic carbocycles. The molecule has 3 aromatic rings. The summed E-state index contributed by atoms with van der Waals surface area (Å²) in [5, 5.41) is 11.8. The quantitative estimate of drug-likeness (QED) is 0.228. The number of ketones is 1. The van der Waals surface area contributed by atoms with E-state index in [4.69, 9.17) is 21.1 Å². The molecule has 1 unspecified atom stereocenters. The van der Waals surface area contributed by atoms with Gasteiger partial charge in [-0.15, -0.1) is 0 Å². The Labute approximate surface area is 227 Å². The zero-order chi connectivity index (χ0) is 27.4. The molecular formula is C29H30ClN3O5. The van der Waals surface area contributed by atoms with Crippen LogP contribution in [0.4, 0.5) is 5.69 Å². The number of ether oxygens (including phenoxy) is 2. The van der Waals surface area contributed by atoms with Crippen molar-refractivity contribution in [2.75, 3.05) is 32.2 Å². The second kappa shape index (κ2) is 11.6. The number of hydrogen-bond acceptors (Lipinski definition) is 7. The molecule has 2 heterocycles. The molecule has 1 fully saturated rings. The second-order valence-corrected chi connectivity index (χ2v) is 9.14. The molecule has 1 amide bonds. The number of aliphatic hydroxyl groups excluding tert-OH is 1. The summed E-state index contributed by atoms with van der Waals surface area (Å²) in [7, 11) is 2.88. The lowest BCUT2D eigenvalue weighted by molar-refractivity contribution is -0.140. The molecule has 2 aromatic carbocycles. The number of rotatable bonds is 9. The Morgan fingerprint density at radius 3 is 2.21 bits per heavy atom. The molecule has 1 aliphatic rings. The number of amides is 1. The van der Waals surface area contributed by atoms with Gasteiger partial charge in [-0.05, 0) is 55.3 Å². The van der Waals surface area contributed by atoms with Crippen LogP contribution in [-0.2, 0) is 16.1 Å². The summed E-state index contributed by atoms with van der Waals surface area (Å²) in [6, 6.07) is 13.4. The molecule has 0 saturated carbocycles. The van der Waals surface area contributed by atoms with E-state index >= 15 is 0 Å². The first-order valence-electron chi connectivity index (χ1n) is 12.3. The van der Waals surface area contributed by atoms with Crippen LogP contribution in [0, 0.1) is 0 Å². The molecule has 1 atom stereocenters. The van der Waals surface area contributed by atoms with Gasteiger partial charge in [0.15, 0.2) is 0 Å². The Balaban J connectivity index is 1.90. The van der Waals surface area contributed by atoms with Crippen LogP contribution in [0.15, 0.2) is 66.5 Å². The molecule has 4 rings (SSSR count). The summed E-state index contributed by atoms with van der Waals surface area (Å²) in [6.45, 7) is 6.00. The van der Waals surface area contributed by atoms with Crippen LogP contribution < -0.4 is 14.4 Å². The van der Waals surface area contributed by atoms with Gasteiger partial charge in [-0.2, -0.15) is 0 Å². The van der Waals surface area contributed by atoms with Gasteiger partial charge in [0.05, 0.1) is 36.4 Å². The van der Waals surface area contributed by atoms with Crippen LogP contribution in [0.5, 0.6) is 11.5 Å². The molecule has 0 radical (unpaired) electrons. The molecule has 9 heteroatoms. The van der Waals surface area contributed by atoms with Gasteiger partial charge in [0.25, 0.3) is 11.7 Å². The standard InChI is InChI=1S/C29H30ClN3O5/c1-5-32(6-2)20-9-7-19(8-10-20)26-25(27(34)21-15-24(38-4)22(30)16-23(21)37-3)28(35)29(36)33(26)17-18-11-13-31-14-12-18/h7-16,26,34H,5-6,17H2,1-4H3/b27-25+. The van der Waals surface area contributed by atoms with E-state index in [9.17, 15) is 14.7 Å². The fourth-order valence-electron chi connectivity index (χ4n) is 4.72. The number of carbonyl (C=O) groups is 2. The summed E-state index contributed by atoms with van der Waals surface area (Å²) >= 11 is 6.26. The van der Waals surface area contributed by atoms with Gasteiger partial charge >= 0.3 is 0 Å². The van der Waals surface area contributed by atoms with Gasteiger partial charge < -0.3 is 24.4 Å². The highest BCUT2D eigenvalue weighted by atomic mass is 35.5.